The van der Waals surface area contributed by atoms with Gasteiger partial charge in [0, 0.05) is 13.1 Å². The predicted octanol–water partition coefficient (Wildman–Crippen LogP) is 1.93. The van der Waals surface area contributed by atoms with Gasteiger partial charge in [-0.25, -0.2) is 13.1 Å². The first kappa shape index (κ1) is 18.1. The van der Waals surface area contributed by atoms with Crippen LogP contribution in [0, 0.1) is 12.8 Å². The monoisotopic (exact) mass is 316 g/mol. The fourth-order valence-corrected chi connectivity index (χ4v) is 3.55. The molecule has 1 aromatic rings. The van der Waals surface area contributed by atoms with Crippen LogP contribution in [0.1, 0.15) is 51.4 Å². The topological polar surface area (TPSA) is 86.9 Å². The van der Waals surface area contributed by atoms with Crippen molar-refractivity contribution in [2.75, 3.05) is 13.1 Å². The fraction of sp³-hybridized carbons (Fsp3) is 0.786. The minimum Gasteiger partial charge on any atom is -0.311 e. The Hall–Kier alpha value is -0.920. The van der Waals surface area contributed by atoms with Crippen LogP contribution in [-0.4, -0.2) is 31.7 Å². The maximum atomic E-state index is 12.4. The summed E-state index contributed by atoms with van der Waals surface area (Å²) in [7, 11) is -3.50. The second-order valence-electron chi connectivity index (χ2n) is 5.74. The van der Waals surface area contributed by atoms with E-state index in [0.717, 1.165) is 25.8 Å². The van der Waals surface area contributed by atoms with E-state index in [2.05, 4.69) is 41.0 Å². The van der Waals surface area contributed by atoms with E-state index in [9.17, 15) is 8.42 Å². The van der Waals surface area contributed by atoms with Crippen LogP contribution in [0.25, 0.3) is 0 Å². The van der Waals surface area contributed by atoms with E-state index >= 15 is 0 Å². The van der Waals surface area contributed by atoms with Crippen molar-refractivity contribution >= 4 is 10.0 Å². The lowest BCUT2D eigenvalue weighted by Gasteiger charge is -2.09. The van der Waals surface area contributed by atoms with Crippen LogP contribution in [0.2, 0.25) is 0 Å². The summed E-state index contributed by atoms with van der Waals surface area (Å²) in [5.41, 5.74) is 1.14. The molecule has 0 fully saturated rings. The van der Waals surface area contributed by atoms with Crippen molar-refractivity contribution in [3.8, 4) is 0 Å². The van der Waals surface area contributed by atoms with Gasteiger partial charge < -0.3 is 5.32 Å². The quantitative estimate of drug-likeness (QED) is 0.576. The third kappa shape index (κ3) is 5.76. The van der Waals surface area contributed by atoms with Gasteiger partial charge in [0.2, 0.25) is 10.0 Å². The van der Waals surface area contributed by atoms with Gasteiger partial charge in [-0.05, 0) is 38.6 Å². The molecule has 7 heteroatoms. The zero-order valence-corrected chi connectivity index (χ0v) is 14.3. The Morgan fingerprint density at radius 2 is 2.00 bits per heavy atom. The molecule has 0 radical (unpaired) electrons. The van der Waals surface area contributed by atoms with Crippen LogP contribution < -0.4 is 10.0 Å². The van der Waals surface area contributed by atoms with Gasteiger partial charge in [0.25, 0.3) is 0 Å². The Bertz CT molecular complexity index is 523. The second kappa shape index (κ2) is 8.51. The van der Waals surface area contributed by atoms with Crippen molar-refractivity contribution in [2.45, 2.75) is 58.4 Å². The van der Waals surface area contributed by atoms with Gasteiger partial charge in [-0.3, -0.25) is 5.10 Å². The largest absolute Gasteiger partial charge is 0.311 e. The van der Waals surface area contributed by atoms with Gasteiger partial charge in [0.1, 0.15) is 4.90 Å². The summed E-state index contributed by atoms with van der Waals surface area (Å²) in [6.07, 6.45) is 2.86. The third-order valence-electron chi connectivity index (χ3n) is 3.20. The smallest absolute Gasteiger partial charge is 0.244 e. The van der Waals surface area contributed by atoms with E-state index in [1.807, 2.05) is 0 Å². The van der Waals surface area contributed by atoms with Crippen LogP contribution >= 0.6 is 0 Å². The van der Waals surface area contributed by atoms with Crippen molar-refractivity contribution in [1.29, 1.82) is 0 Å². The molecule has 6 nitrogen and oxygen atoms in total. The van der Waals surface area contributed by atoms with Gasteiger partial charge in [-0.15, -0.1) is 0 Å². The Morgan fingerprint density at radius 1 is 1.29 bits per heavy atom. The molecule has 0 aliphatic rings. The number of hydrogen-bond donors (Lipinski definition) is 3. The Balaban J connectivity index is 2.70. The lowest BCUT2D eigenvalue weighted by atomic mass is 10.1. The zero-order valence-electron chi connectivity index (χ0n) is 13.5. The lowest BCUT2D eigenvalue weighted by molar-refractivity contribution is 0.539. The molecule has 122 valence electrons. The highest BCUT2D eigenvalue weighted by Gasteiger charge is 2.23. The van der Waals surface area contributed by atoms with E-state index < -0.39 is 10.0 Å². The van der Waals surface area contributed by atoms with Crippen LogP contribution in [-0.2, 0) is 16.6 Å². The average molecular weight is 316 g/mol. The molecule has 0 spiro atoms. The third-order valence-corrected chi connectivity index (χ3v) is 4.86. The number of nitrogens with one attached hydrogen (secondary N) is 3. The molecule has 0 aliphatic carbocycles. The maximum Gasteiger partial charge on any atom is 0.244 e. The van der Waals surface area contributed by atoms with Gasteiger partial charge >= 0.3 is 0 Å². The highest BCUT2D eigenvalue weighted by Crippen LogP contribution is 2.17. The standard InChI is InChI=1S/C14H28N4O2S/c1-5-8-15-10-13-14(12(4)17-18-13)21(19,20)16-9-6-7-11(2)3/h11,15-16H,5-10H2,1-4H3,(H,17,18). The molecule has 1 heterocycles. The first-order valence-corrected chi connectivity index (χ1v) is 9.11. The summed E-state index contributed by atoms with van der Waals surface area (Å²) < 4.78 is 27.5. The van der Waals surface area contributed by atoms with Crippen LogP contribution in [0.5, 0.6) is 0 Å². The van der Waals surface area contributed by atoms with E-state index in [4.69, 9.17) is 0 Å². The number of H-pyrrole nitrogens is 1. The molecule has 1 aromatic heterocycles. The maximum absolute atomic E-state index is 12.4. The number of aromatic amines is 1. The molecule has 0 unspecified atom stereocenters. The molecule has 1 rings (SSSR count). The molecule has 0 aliphatic heterocycles. The van der Waals surface area contributed by atoms with Gasteiger partial charge in [0.05, 0.1) is 11.4 Å². The zero-order chi connectivity index (χ0) is 15.9. The number of rotatable bonds is 10. The molecule has 0 aromatic carbocycles. The molecule has 0 bridgehead atoms. The van der Waals surface area contributed by atoms with Crippen molar-refractivity contribution in [2.24, 2.45) is 5.92 Å². The first-order chi connectivity index (χ1) is 9.88. The van der Waals surface area contributed by atoms with Crippen molar-refractivity contribution in [1.82, 2.24) is 20.2 Å². The van der Waals surface area contributed by atoms with E-state index in [1.54, 1.807) is 6.92 Å². The Labute approximate surface area is 128 Å². The molecule has 0 saturated carbocycles. The van der Waals surface area contributed by atoms with Crippen LogP contribution in [0.4, 0.5) is 0 Å². The van der Waals surface area contributed by atoms with Gasteiger partial charge in [-0.2, -0.15) is 5.10 Å². The number of aryl methyl sites for hydroxylation is 1. The highest BCUT2D eigenvalue weighted by molar-refractivity contribution is 7.89. The summed E-state index contributed by atoms with van der Waals surface area (Å²) in [4.78, 5) is 0.288. The van der Waals surface area contributed by atoms with Gasteiger partial charge in [-0.1, -0.05) is 20.8 Å². The SMILES string of the molecule is CCCNCc1n[nH]c(C)c1S(=O)(=O)NCCCC(C)C. The molecule has 0 atom stereocenters. The minimum absolute atomic E-state index is 0.288. The molecule has 0 amide bonds. The second-order valence-corrected chi connectivity index (χ2v) is 7.44. The number of hydrogen-bond acceptors (Lipinski definition) is 4. The molecule has 21 heavy (non-hydrogen) atoms. The van der Waals surface area contributed by atoms with Crippen molar-refractivity contribution < 1.29 is 8.42 Å². The summed E-state index contributed by atoms with van der Waals surface area (Å²) in [6, 6.07) is 0. The fourth-order valence-electron chi connectivity index (χ4n) is 2.12. The normalized spacial score (nSPS) is 12.2. The average Bonchev–Trinajstić information content (AvgIpc) is 2.77. The number of sulfonamides is 1. The molecular formula is C14H28N4O2S. The number of aromatic nitrogens is 2. The Kier molecular flexibility index (Phi) is 7.34. The van der Waals surface area contributed by atoms with E-state index in [-0.39, 0.29) is 4.90 Å². The highest BCUT2D eigenvalue weighted by atomic mass is 32.2. The van der Waals surface area contributed by atoms with Crippen molar-refractivity contribution in [3.05, 3.63) is 11.4 Å². The van der Waals surface area contributed by atoms with Gasteiger partial charge in [0.15, 0.2) is 0 Å². The van der Waals surface area contributed by atoms with Crippen molar-refractivity contribution in [3.63, 3.8) is 0 Å². The van der Waals surface area contributed by atoms with Crippen LogP contribution in [0.15, 0.2) is 4.90 Å². The number of nitrogens with zero attached hydrogens (tertiary/aromatic N) is 1. The summed E-state index contributed by atoms with van der Waals surface area (Å²) in [5.74, 6) is 0.582. The summed E-state index contributed by atoms with van der Waals surface area (Å²) in [6.45, 7) is 9.83. The van der Waals surface area contributed by atoms with Crippen LogP contribution in [0.3, 0.4) is 0 Å². The summed E-state index contributed by atoms with van der Waals surface area (Å²) in [5, 5.41) is 10.1. The molecular weight excluding hydrogens is 288 g/mol. The molecule has 3 N–H and O–H groups in total. The predicted molar refractivity (Wildman–Crippen MR) is 84.6 cm³/mol. The van der Waals surface area contributed by atoms with E-state index in [0.29, 0.717) is 30.4 Å². The lowest BCUT2D eigenvalue weighted by Crippen LogP contribution is -2.27. The molecule has 0 saturated heterocycles. The Morgan fingerprint density at radius 3 is 2.62 bits per heavy atom. The van der Waals surface area contributed by atoms with E-state index in [1.165, 1.54) is 0 Å². The minimum atomic E-state index is -3.50. The summed E-state index contributed by atoms with van der Waals surface area (Å²) >= 11 is 0. The first-order valence-electron chi connectivity index (χ1n) is 7.62.